The first-order valence-corrected chi connectivity index (χ1v) is 10.8. The molecule has 0 atom stereocenters. The Morgan fingerprint density at radius 1 is 1.16 bits per heavy atom. The number of aromatic nitrogens is 1. The highest BCUT2D eigenvalue weighted by atomic mass is 35.5. The monoisotopic (exact) mass is 466 g/mol. The number of hydrogen-bond donors (Lipinski definition) is 1. The van der Waals surface area contributed by atoms with Gasteiger partial charge in [0.15, 0.2) is 0 Å². The maximum Gasteiger partial charge on any atom is 0.417 e. The predicted octanol–water partition coefficient (Wildman–Crippen LogP) is 4.74. The lowest BCUT2D eigenvalue weighted by Gasteiger charge is -2.33. The van der Waals surface area contributed by atoms with Gasteiger partial charge in [-0.05, 0) is 37.5 Å². The average molecular weight is 467 g/mol. The fraction of sp³-hybridized carbons (Fsp3) is 0.409. The Labute approximate surface area is 188 Å². The van der Waals surface area contributed by atoms with Crippen LogP contribution in [0.3, 0.4) is 0 Å². The number of nitrogens with one attached hydrogen (secondary N) is 1. The number of benzene rings is 1. The van der Waals surface area contributed by atoms with Gasteiger partial charge in [-0.1, -0.05) is 23.7 Å². The van der Waals surface area contributed by atoms with E-state index in [0.717, 1.165) is 18.7 Å². The smallest absolute Gasteiger partial charge is 0.355 e. The summed E-state index contributed by atoms with van der Waals surface area (Å²) in [5, 5.41) is 2.89. The van der Waals surface area contributed by atoms with Crippen molar-refractivity contribution in [2.24, 2.45) is 5.92 Å². The Morgan fingerprint density at radius 3 is 2.50 bits per heavy atom. The molecule has 0 aliphatic carbocycles. The van der Waals surface area contributed by atoms with Gasteiger partial charge in [0.2, 0.25) is 11.8 Å². The zero-order valence-electron chi connectivity index (χ0n) is 17.2. The molecule has 2 amide bonds. The van der Waals surface area contributed by atoms with E-state index in [9.17, 15) is 22.8 Å². The van der Waals surface area contributed by atoms with Crippen molar-refractivity contribution in [3.63, 3.8) is 0 Å². The normalized spacial score (nSPS) is 17.7. The van der Waals surface area contributed by atoms with Crippen LogP contribution < -0.4 is 15.1 Å². The Hall–Kier alpha value is -2.81. The second-order valence-electron chi connectivity index (χ2n) is 7.94. The van der Waals surface area contributed by atoms with Gasteiger partial charge in [0.1, 0.15) is 5.82 Å². The van der Waals surface area contributed by atoms with E-state index in [0.29, 0.717) is 50.3 Å². The van der Waals surface area contributed by atoms with Crippen LogP contribution in [0.15, 0.2) is 36.5 Å². The van der Waals surface area contributed by atoms with E-state index >= 15 is 0 Å². The van der Waals surface area contributed by atoms with Crippen LogP contribution >= 0.6 is 11.6 Å². The number of halogens is 4. The van der Waals surface area contributed by atoms with E-state index in [1.807, 2.05) is 12.1 Å². The fourth-order valence-electron chi connectivity index (χ4n) is 4.12. The third-order valence-electron chi connectivity index (χ3n) is 5.84. The molecular formula is C22H22ClF3N4O2. The van der Waals surface area contributed by atoms with E-state index in [-0.39, 0.29) is 28.6 Å². The van der Waals surface area contributed by atoms with Crippen molar-refractivity contribution in [1.29, 1.82) is 0 Å². The molecule has 2 aliphatic rings. The Balaban J connectivity index is 1.39. The highest BCUT2D eigenvalue weighted by molar-refractivity contribution is 6.33. The van der Waals surface area contributed by atoms with Gasteiger partial charge in [-0.2, -0.15) is 13.2 Å². The summed E-state index contributed by atoms with van der Waals surface area (Å²) in [6, 6.07) is 8.11. The molecule has 6 nitrogen and oxygen atoms in total. The van der Waals surface area contributed by atoms with Crippen molar-refractivity contribution in [3.8, 4) is 0 Å². The molecule has 32 heavy (non-hydrogen) atoms. The maximum atomic E-state index is 12.9. The van der Waals surface area contributed by atoms with Crippen LogP contribution in [-0.2, 0) is 15.8 Å². The minimum absolute atomic E-state index is 0.0425. The summed E-state index contributed by atoms with van der Waals surface area (Å²) in [5.41, 5.74) is 0.403. The van der Waals surface area contributed by atoms with Crippen molar-refractivity contribution in [1.82, 2.24) is 4.98 Å². The van der Waals surface area contributed by atoms with E-state index in [4.69, 9.17) is 11.6 Å². The first kappa shape index (κ1) is 22.4. The predicted molar refractivity (Wildman–Crippen MR) is 116 cm³/mol. The summed E-state index contributed by atoms with van der Waals surface area (Å²) in [7, 11) is 0. The molecule has 170 valence electrons. The second-order valence-corrected chi connectivity index (χ2v) is 8.35. The molecule has 2 aliphatic heterocycles. The summed E-state index contributed by atoms with van der Waals surface area (Å²) in [6.45, 7) is 1.52. The molecule has 0 bridgehead atoms. The number of nitrogens with zero attached hydrogens (tertiary/aromatic N) is 3. The lowest BCUT2D eigenvalue weighted by Crippen LogP contribution is -2.39. The van der Waals surface area contributed by atoms with Gasteiger partial charge in [-0.25, -0.2) is 4.98 Å². The third kappa shape index (κ3) is 4.67. The fourth-order valence-corrected chi connectivity index (χ4v) is 4.41. The van der Waals surface area contributed by atoms with Crippen LogP contribution in [-0.4, -0.2) is 36.4 Å². The quantitative estimate of drug-likeness (QED) is 0.707. The highest BCUT2D eigenvalue weighted by Gasteiger charge is 2.33. The van der Waals surface area contributed by atoms with Gasteiger partial charge >= 0.3 is 6.18 Å². The zero-order chi connectivity index (χ0) is 22.9. The molecule has 0 spiro atoms. The number of hydrogen-bond acceptors (Lipinski definition) is 4. The topological polar surface area (TPSA) is 65.5 Å². The number of carbonyl (C=O) groups is 2. The van der Waals surface area contributed by atoms with E-state index < -0.39 is 11.7 Å². The molecule has 4 rings (SSSR count). The van der Waals surface area contributed by atoms with Gasteiger partial charge in [0, 0.05) is 38.2 Å². The Kier molecular flexibility index (Phi) is 6.28. The van der Waals surface area contributed by atoms with Crippen molar-refractivity contribution >= 4 is 40.6 Å². The van der Waals surface area contributed by atoms with E-state index in [1.54, 1.807) is 21.9 Å². The first-order valence-electron chi connectivity index (χ1n) is 10.4. The van der Waals surface area contributed by atoms with Crippen molar-refractivity contribution in [2.75, 3.05) is 34.8 Å². The number of amides is 2. The summed E-state index contributed by atoms with van der Waals surface area (Å²) in [4.78, 5) is 32.4. The molecule has 2 fully saturated rings. The first-order chi connectivity index (χ1) is 15.2. The van der Waals surface area contributed by atoms with E-state index in [1.165, 1.54) is 0 Å². The maximum absolute atomic E-state index is 12.9. The molecular weight excluding hydrogens is 445 g/mol. The molecule has 3 heterocycles. The number of anilines is 3. The molecule has 1 aromatic heterocycles. The second kappa shape index (κ2) is 8.97. The molecule has 0 saturated carbocycles. The van der Waals surface area contributed by atoms with Crippen LogP contribution in [0.2, 0.25) is 5.02 Å². The minimum atomic E-state index is -4.50. The number of rotatable bonds is 4. The van der Waals surface area contributed by atoms with Gasteiger partial charge < -0.3 is 15.1 Å². The van der Waals surface area contributed by atoms with Crippen molar-refractivity contribution in [2.45, 2.75) is 31.9 Å². The summed E-state index contributed by atoms with van der Waals surface area (Å²) >= 11 is 6.05. The summed E-state index contributed by atoms with van der Waals surface area (Å²) < 4.78 is 38.5. The highest BCUT2D eigenvalue weighted by Crippen LogP contribution is 2.35. The molecule has 1 N–H and O–H groups in total. The minimum Gasteiger partial charge on any atom is -0.355 e. The van der Waals surface area contributed by atoms with E-state index in [2.05, 4.69) is 10.3 Å². The SMILES string of the molecule is O=C(Nc1ccccc1N1CCCC1=O)C1CCN(c2ncc(C(F)(F)F)cc2Cl)CC1. The number of para-hydroxylation sites is 2. The van der Waals surface area contributed by atoms with Gasteiger partial charge in [-0.3, -0.25) is 9.59 Å². The van der Waals surface area contributed by atoms with Crippen LogP contribution in [0.1, 0.15) is 31.2 Å². The van der Waals surface area contributed by atoms with Crippen molar-refractivity contribution in [3.05, 3.63) is 47.1 Å². The molecule has 0 radical (unpaired) electrons. The van der Waals surface area contributed by atoms with Crippen LogP contribution in [0.25, 0.3) is 0 Å². The molecule has 1 aromatic carbocycles. The number of pyridine rings is 1. The van der Waals surface area contributed by atoms with Gasteiger partial charge in [-0.15, -0.1) is 0 Å². The number of alkyl halides is 3. The Morgan fingerprint density at radius 2 is 1.88 bits per heavy atom. The van der Waals surface area contributed by atoms with Gasteiger partial charge in [0.25, 0.3) is 0 Å². The molecule has 10 heteroatoms. The zero-order valence-corrected chi connectivity index (χ0v) is 17.9. The van der Waals surface area contributed by atoms with Crippen molar-refractivity contribution < 1.29 is 22.8 Å². The Bertz CT molecular complexity index is 1020. The number of carbonyl (C=O) groups excluding carboxylic acids is 2. The molecule has 2 aromatic rings. The van der Waals surface area contributed by atoms with Gasteiger partial charge in [0.05, 0.1) is 22.0 Å². The lowest BCUT2D eigenvalue weighted by atomic mass is 9.95. The summed E-state index contributed by atoms with van der Waals surface area (Å²) in [5.74, 6) is -0.0747. The standard InChI is InChI=1S/C22H22ClF3N4O2/c23-16-12-15(22(24,25)26)13-27-20(16)29-10-7-14(8-11-29)21(32)28-17-4-1-2-5-18(17)30-9-3-6-19(30)31/h1-2,4-5,12-14H,3,6-11H2,(H,28,32). The molecule has 2 saturated heterocycles. The third-order valence-corrected chi connectivity index (χ3v) is 6.12. The molecule has 0 unspecified atom stereocenters. The average Bonchev–Trinajstić information content (AvgIpc) is 3.19. The van der Waals surface area contributed by atoms with Crippen LogP contribution in [0.5, 0.6) is 0 Å². The lowest BCUT2D eigenvalue weighted by molar-refractivity contribution is -0.137. The largest absolute Gasteiger partial charge is 0.417 e. The number of piperidine rings is 1. The van der Waals surface area contributed by atoms with Crippen LogP contribution in [0, 0.1) is 5.92 Å². The van der Waals surface area contributed by atoms with Crippen LogP contribution in [0.4, 0.5) is 30.4 Å². The summed E-state index contributed by atoms with van der Waals surface area (Å²) in [6.07, 6.45) is -1.42.